The van der Waals surface area contributed by atoms with Crippen LogP contribution in [0.5, 0.6) is 0 Å². The van der Waals surface area contributed by atoms with Crippen LogP contribution in [0.15, 0.2) is 11.1 Å². The first kappa shape index (κ1) is 6.65. The summed E-state index contributed by atoms with van der Waals surface area (Å²) in [7, 11) is 0. The fourth-order valence-electron chi connectivity index (χ4n) is 0.926. The van der Waals surface area contributed by atoms with Crippen LogP contribution in [-0.2, 0) is 0 Å². The highest BCUT2D eigenvalue weighted by atomic mass is 16.5. The van der Waals surface area contributed by atoms with Crippen molar-refractivity contribution in [3.63, 3.8) is 0 Å². The minimum atomic E-state index is -0.579. The predicted molar refractivity (Wildman–Crippen MR) is 41.3 cm³/mol. The highest BCUT2D eigenvalue weighted by molar-refractivity contribution is 5.70. The van der Waals surface area contributed by atoms with Gasteiger partial charge < -0.3 is 15.7 Å². The zero-order chi connectivity index (χ0) is 8.72. The summed E-state index contributed by atoms with van der Waals surface area (Å²) in [4.78, 5) is 20.5. The normalized spacial score (nSPS) is 10.7. The molecule has 7 heteroatoms. The highest BCUT2D eigenvalue weighted by Gasteiger charge is 2.03. The Hall–Kier alpha value is -2.05. The van der Waals surface area contributed by atoms with Crippen LogP contribution >= 0.6 is 0 Å². The fourth-order valence-corrected chi connectivity index (χ4v) is 0.926. The topological polar surface area (TPSA) is 113 Å². The number of aromatic nitrogens is 4. The largest absolute Gasteiger partial charge is 0.804 e. The number of imidazole rings is 1. The predicted octanol–water partition coefficient (Wildman–Crippen LogP) is -0.952. The molecule has 62 valence electrons. The molecule has 0 aliphatic heterocycles. The molecule has 7 nitrogen and oxygen atoms in total. The van der Waals surface area contributed by atoms with Gasteiger partial charge in [0.05, 0.1) is 6.33 Å². The van der Waals surface area contributed by atoms with Gasteiger partial charge >= 0.3 is 0 Å². The number of hydrogen-bond donors (Lipinski definition) is 2. The van der Waals surface area contributed by atoms with E-state index in [1.807, 2.05) is 0 Å². The van der Waals surface area contributed by atoms with E-state index in [2.05, 4.69) is 15.0 Å². The molecule has 0 saturated heterocycles. The second kappa shape index (κ2) is 1.97. The van der Waals surface area contributed by atoms with Gasteiger partial charge in [-0.1, -0.05) is 0 Å². The van der Waals surface area contributed by atoms with E-state index in [9.17, 15) is 10.0 Å². The van der Waals surface area contributed by atoms with Gasteiger partial charge in [-0.15, -0.1) is 0 Å². The minimum absolute atomic E-state index is 0.0498. The van der Waals surface area contributed by atoms with Gasteiger partial charge in [0.25, 0.3) is 5.56 Å². The summed E-state index contributed by atoms with van der Waals surface area (Å²) in [5, 5.41) is 10.9. The van der Waals surface area contributed by atoms with E-state index in [4.69, 9.17) is 5.73 Å². The molecule has 0 aliphatic carbocycles. The van der Waals surface area contributed by atoms with Crippen molar-refractivity contribution in [3.05, 3.63) is 21.9 Å². The Morgan fingerprint density at radius 3 is 3.17 bits per heavy atom. The van der Waals surface area contributed by atoms with Crippen LogP contribution in [0.3, 0.4) is 0 Å². The van der Waals surface area contributed by atoms with E-state index in [1.165, 1.54) is 0 Å². The number of H-pyrrole nitrogens is 1. The van der Waals surface area contributed by atoms with Crippen LogP contribution < -0.4 is 11.3 Å². The number of aromatic amines is 1. The van der Waals surface area contributed by atoms with Crippen molar-refractivity contribution in [1.82, 2.24) is 19.7 Å². The minimum Gasteiger partial charge on any atom is -0.804 e. The zero-order valence-electron chi connectivity index (χ0n) is 5.81. The number of nitrogens with one attached hydrogen (secondary N) is 1. The molecule has 12 heavy (non-hydrogen) atoms. The second-order valence-corrected chi connectivity index (χ2v) is 2.19. The maximum atomic E-state index is 11.0. The smallest absolute Gasteiger partial charge is 0.278 e. The molecule has 0 atom stereocenters. The number of hydrogen-bond acceptors (Lipinski definition) is 5. The molecule has 2 heterocycles. The van der Waals surface area contributed by atoms with Gasteiger partial charge in [-0.25, -0.2) is 4.98 Å². The SMILES string of the molecule is Nc1nc2ncn([O-])c2c(=O)[nH]1. The molecule has 0 aliphatic rings. The van der Waals surface area contributed by atoms with Crippen LogP contribution in [0.1, 0.15) is 0 Å². The molecule has 0 saturated carbocycles. The lowest BCUT2D eigenvalue weighted by molar-refractivity contribution is 1.09. The van der Waals surface area contributed by atoms with Crippen molar-refractivity contribution >= 4 is 17.1 Å². The Bertz CT molecular complexity index is 484. The monoisotopic (exact) mass is 166 g/mol. The zero-order valence-corrected chi connectivity index (χ0v) is 5.81. The number of nitrogens with zero attached hydrogens (tertiary/aromatic N) is 3. The number of nitrogens with two attached hydrogens (primary N) is 1. The number of rotatable bonds is 0. The molecule has 0 aromatic carbocycles. The highest BCUT2D eigenvalue weighted by Crippen LogP contribution is 2.02. The molecule has 0 fully saturated rings. The summed E-state index contributed by atoms with van der Waals surface area (Å²) in [6, 6.07) is 0. The fraction of sp³-hybridized carbons (Fsp3) is 0. The average Bonchev–Trinajstić information content (AvgIpc) is 2.31. The first-order valence-electron chi connectivity index (χ1n) is 3.09. The molecular formula is C5H4N5O2-. The summed E-state index contributed by atoms with van der Waals surface area (Å²) in [6.45, 7) is 0. The molecule has 2 aromatic heterocycles. The van der Waals surface area contributed by atoms with Crippen molar-refractivity contribution < 1.29 is 0 Å². The third kappa shape index (κ3) is 0.729. The van der Waals surface area contributed by atoms with Crippen molar-refractivity contribution in [2.24, 2.45) is 0 Å². The number of nitrogen functional groups attached to an aromatic ring is 1. The molecule has 3 N–H and O–H groups in total. The molecule has 0 radical (unpaired) electrons. The van der Waals surface area contributed by atoms with Gasteiger partial charge in [-0.2, -0.15) is 4.98 Å². The van der Waals surface area contributed by atoms with Gasteiger partial charge in [0.15, 0.2) is 5.65 Å². The summed E-state index contributed by atoms with van der Waals surface area (Å²) in [6.07, 6.45) is 0.965. The third-order valence-electron chi connectivity index (χ3n) is 1.40. The van der Waals surface area contributed by atoms with Crippen LogP contribution in [0.4, 0.5) is 5.95 Å². The van der Waals surface area contributed by atoms with Gasteiger partial charge in [-0.05, 0) is 0 Å². The average molecular weight is 166 g/mol. The Labute approximate surface area is 65.4 Å². The van der Waals surface area contributed by atoms with Crippen LogP contribution in [0.2, 0.25) is 0 Å². The maximum absolute atomic E-state index is 11.0. The summed E-state index contributed by atoms with van der Waals surface area (Å²) in [5.41, 5.74) is 4.58. The standard InChI is InChI=1S/C5H4N5O2/c6-5-8-3-2(4(11)9-5)10(12)1-7-3/h1H,(H3,6,8,9,11)/q-1. The molecule has 2 rings (SSSR count). The van der Waals surface area contributed by atoms with Gasteiger partial charge in [0.2, 0.25) is 5.95 Å². The molecule has 0 amide bonds. The lowest BCUT2D eigenvalue weighted by Crippen LogP contribution is -2.12. The Kier molecular flexibility index (Phi) is 1.09. The maximum Gasteiger partial charge on any atom is 0.278 e. The van der Waals surface area contributed by atoms with Crippen LogP contribution in [-0.4, -0.2) is 19.7 Å². The van der Waals surface area contributed by atoms with E-state index in [1.54, 1.807) is 0 Å². The van der Waals surface area contributed by atoms with E-state index < -0.39 is 5.56 Å². The Morgan fingerprint density at radius 1 is 1.67 bits per heavy atom. The van der Waals surface area contributed by atoms with Gasteiger partial charge in [-0.3, -0.25) is 9.78 Å². The third-order valence-corrected chi connectivity index (χ3v) is 1.40. The van der Waals surface area contributed by atoms with Crippen molar-refractivity contribution in [3.8, 4) is 0 Å². The van der Waals surface area contributed by atoms with E-state index >= 15 is 0 Å². The van der Waals surface area contributed by atoms with Crippen molar-refractivity contribution in [2.75, 3.05) is 5.73 Å². The molecule has 0 bridgehead atoms. The lowest BCUT2D eigenvalue weighted by atomic mass is 10.5. The second-order valence-electron chi connectivity index (χ2n) is 2.19. The molecule has 0 unspecified atom stereocenters. The molecule has 0 spiro atoms. The summed E-state index contributed by atoms with van der Waals surface area (Å²) >= 11 is 0. The van der Waals surface area contributed by atoms with Crippen molar-refractivity contribution in [2.45, 2.75) is 0 Å². The first-order chi connectivity index (χ1) is 5.68. The molecule has 2 aromatic rings. The number of anilines is 1. The summed E-state index contributed by atoms with van der Waals surface area (Å²) < 4.78 is 0.348. The first-order valence-corrected chi connectivity index (χ1v) is 3.09. The number of fused-ring (bicyclic) bond motifs is 1. The Balaban J connectivity index is 3.03. The summed E-state index contributed by atoms with van der Waals surface area (Å²) in [5.74, 6) is -0.0498. The molecular weight excluding hydrogens is 162 g/mol. The van der Waals surface area contributed by atoms with Crippen molar-refractivity contribution in [1.29, 1.82) is 0 Å². The van der Waals surface area contributed by atoms with Crippen LogP contribution in [0, 0.1) is 5.21 Å². The van der Waals surface area contributed by atoms with Gasteiger partial charge in [0.1, 0.15) is 5.52 Å². The lowest BCUT2D eigenvalue weighted by Gasteiger charge is -2.03. The van der Waals surface area contributed by atoms with Crippen LogP contribution in [0.25, 0.3) is 11.2 Å². The quantitative estimate of drug-likeness (QED) is 0.523. The van der Waals surface area contributed by atoms with E-state index in [0.717, 1.165) is 6.33 Å². The Morgan fingerprint density at radius 2 is 2.42 bits per heavy atom. The van der Waals surface area contributed by atoms with Gasteiger partial charge in [0, 0.05) is 0 Å². The van der Waals surface area contributed by atoms with E-state index in [0.29, 0.717) is 4.73 Å². The van der Waals surface area contributed by atoms with E-state index in [-0.39, 0.29) is 17.1 Å².